The van der Waals surface area contributed by atoms with Gasteiger partial charge in [-0.2, -0.15) is 4.37 Å². The van der Waals surface area contributed by atoms with Crippen LogP contribution in [0.5, 0.6) is 0 Å². The Balaban J connectivity index is 1.67. The number of carbonyl (C=O) groups excluding carboxylic acids is 1. The van der Waals surface area contributed by atoms with E-state index in [0.717, 1.165) is 16.3 Å². The number of urea groups is 1. The van der Waals surface area contributed by atoms with Crippen LogP contribution in [0.25, 0.3) is 11.3 Å². The smallest absolute Gasteiger partial charge is 0.322 e. The fourth-order valence-electron chi connectivity index (χ4n) is 2.52. The molecule has 7 heteroatoms. The lowest BCUT2D eigenvalue weighted by molar-refractivity contribution is 0.208. The molecule has 122 valence electrons. The molecule has 1 aromatic heterocycles. The van der Waals surface area contributed by atoms with Gasteiger partial charge in [-0.05, 0) is 25.4 Å². The summed E-state index contributed by atoms with van der Waals surface area (Å²) in [4.78, 5) is 14.1. The van der Waals surface area contributed by atoms with Gasteiger partial charge in [0.25, 0.3) is 0 Å². The van der Waals surface area contributed by atoms with Gasteiger partial charge in [0.05, 0.1) is 10.4 Å². The van der Waals surface area contributed by atoms with Crippen LogP contribution < -0.4 is 5.32 Å². The molecule has 2 aromatic rings. The number of hydrogen-bond acceptors (Lipinski definition) is 4. The van der Waals surface area contributed by atoms with Crippen LogP contribution in [0.3, 0.4) is 0 Å². The van der Waals surface area contributed by atoms with Crippen LogP contribution in [0.15, 0.2) is 36.4 Å². The summed E-state index contributed by atoms with van der Waals surface area (Å²) in [5.74, 6) is 0.526. The molecule has 5 nitrogen and oxygen atoms in total. The summed E-state index contributed by atoms with van der Waals surface area (Å²) in [6.07, 6.45) is 0. The summed E-state index contributed by atoms with van der Waals surface area (Å²) in [5.41, 5.74) is 1.88. The topological polar surface area (TPSA) is 62.3 Å². The van der Waals surface area contributed by atoms with Crippen molar-refractivity contribution in [3.05, 3.63) is 36.4 Å². The molecule has 1 aliphatic rings. The Kier molecular flexibility index (Phi) is 4.50. The van der Waals surface area contributed by atoms with Gasteiger partial charge in [0, 0.05) is 41.3 Å². The zero-order valence-corrected chi connectivity index (χ0v) is 14.7. The van der Waals surface area contributed by atoms with E-state index in [0.29, 0.717) is 18.8 Å². The predicted octanol–water partition coefficient (Wildman–Crippen LogP) is 3.18. The quantitative estimate of drug-likeness (QED) is 0.906. The predicted molar refractivity (Wildman–Crippen MR) is 95.2 cm³/mol. The Bertz CT molecular complexity index is 728. The van der Waals surface area contributed by atoms with Crippen molar-refractivity contribution in [3.8, 4) is 11.3 Å². The fraction of sp³-hybridized carbons (Fsp3) is 0.375. The first-order valence-electron chi connectivity index (χ1n) is 7.42. The van der Waals surface area contributed by atoms with E-state index in [2.05, 4.69) is 9.69 Å². The summed E-state index contributed by atoms with van der Waals surface area (Å²) in [6, 6.07) is 11.6. The Labute approximate surface area is 142 Å². The second-order valence-electron chi connectivity index (χ2n) is 6.10. The highest BCUT2D eigenvalue weighted by atomic mass is 32.2. The largest absolute Gasteiger partial charge is 0.322 e. The number of nitrogens with one attached hydrogen (secondary N) is 1. The summed E-state index contributed by atoms with van der Waals surface area (Å²) in [7, 11) is -0.886. The Hall–Kier alpha value is -1.73. The molecular weight excluding hydrogens is 330 g/mol. The molecule has 3 rings (SSSR count). The number of amides is 2. The maximum atomic E-state index is 12.4. The maximum Gasteiger partial charge on any atom is 0.322 e. The first kappa shape index (κ1) is 16.1. The minimum atomic E-state index is -0.886. The second kappa shape index (κ2) is 6.41. The van der Waals surface area contributed by atoms with Gasteiger partial charge in [-0.1, -0.05) is 30.3 Å². The first-order valence-corrected chi connectivity index (χ1v) is 9.51. The van der Waals surface area contributed by atoms with Crippen LogP contribution >= 0.6 is 11.5 Å². The lowest BCUT2D eigenvalue weighted by Gasteiger charge is -2.36. The minimum Gasteiger partial charge on any atom is -0.322 e. The van der Waals surface area contributed by atoms with E-state index in [1.54, 1.807) is 4.90 Å². The van der Waals surface area contributed by atoms with Crippen molar-refractivity contribution in [1.29, 1.82) is 0 Å². The van der Waals surface area contributed by atoms with E-state index >= 15 is 0 Å². The average molecular weight is 349 g/mol. The highest BCUT2D eigenvalue weighted by Gasteiger charge is 2.35. The van der Waals surface area contributed by atoms with Gasteiger partial charge in [0.1, 0.15) is 5.00 Å². The molecule has 1 N–H and O–H groups in total. The lowest BCUT2D eigenvalue weighted by Crippen LogP contribution is -2.53. The number of rotatable bonds is 2. The molecule has 1 fully saturated rings. The molecule has 1 saturated heterocycles. The van der Waals surface area contributed by atoms with Crippen molar-refractivity contribution < 1.29 is 9.00 Å². The van der Waals surface area contributed by atoms with Crippen molar-refractivity contribution in [2.45, 2.75) is 18.6 Å². The van der Waals surface area contributed by atoms with Gasteiger partial charge in [-0.3, -0.25) is 9.53 Å². The monoisotopic (exact) mass is 349 g/mol. The van der Waals surface area contributed by atoms with E-state index < -0.39 is 10.8 Å². The van der Waals surface area contributed by atoms with Crippen LogP contribution in [0.2, 0.25) is 0 Å². The third kappa shape index (κ3) is 3.61. The van der Waals surface area contributed by atoms with Crippen molar-refractivity contribution in [3.63, 3.8) is 0 Å². The summed E-state index contributed by atoms with van der Waals surface area (Å²) < 4.78 is 16.0. The molecule has 1 aliphatic heterocycles. The van der Waals surface area contributed by atoms with Crippen molar-refractivity contribution >= 4 is 33.4 Å². The number of hydrogen-bond donors (Lipinski definition) is 1. The van der Waals surface area contributed by atoms with E-state index in [4.69, 9.17) is 0 Å². The third-order valence-electron chi connectivity index (χ3n) is 3.83. The molecule has 2 heterocycles. The van der Waals surface area contributed by atoms with Gasteiger partial charge in [-0.25, -0.2) is 4.79 Å². The molecule has 1 aromatic carbocycles. The van der Waals surface area contributed by atoms with Crippen molar-refractivity contribution in [2.24, 2.45) is 0 Å². The van der Waals surface area contributed by atoms with Crippen LogP contribution in [0, 0.1) is 0 Å². The highest BCUT2D eigenvalue weighted by molar-refractivity contribution is 7.86. The Morgan fingerprint density at radius 1 is 1.35 bits per heavy atom. The third-order valence-corrected chi connectivity index (χ3v) is 6.45. The van der Waals surface area contributed by atoms with E-state index in [-0.39, 0.29) is 10.8 Å². The Morgan fingerprint density at radius 3 is 2.78 bits per heavy atom. The molecular formula is C16H19N3O2S2. The van der Waals surface area contributed by atoms with Gasteiger partial charge < -0.3 is 4.90 Å². The van der Waals surface area contributed by atoms with Gasteiger partial charge in [0.15, 0.2) is 0 Å². The molecule has 1 atom stereocenters. The van der Waals surface area contributed by atoms with E-state index in [1.807, 2.05) is 50.2 Å². The molecule has 0 saturated carbocycles. The summed E-state index contributed by atoms with van der Waals surface area (Å²) >= 11 is 1.27. The highest BCUT2D eigenvalue weighted by Crippen LogP contribution is 2.26. The number of aromatic nitrogens is 1. The van der Waals surface area contributed by atoms with Crippen LogP contribution in [-0.4, -0.2) is 43.1 Å². The first-order chi connectivity index (χ1) is 11.0. The number of anilines is 1. The molecule has 0 unspecified atom stereocenters. The zero-order valence-electron chi connectivity index (χ0n) is 13.1. The summed E-state index contributed by atoms with van der Waals surface area (Å²) in [6.45, 7) is 4.88. The Morgan fingerprint density at radius 2 is 2.09 bits per heavy atom. The van der Waals surface area contributed by atoms with Crippen LogP contribution in [-0.2, 0) is 10.8 Å². The fourth-order valence-corrected chi connectivity index (χ4v) is 4.41. The van der Waals surface area contributed by atoms with Gasteiger partial charge >= 0.3 is 6.03 Å². The second-order valence-corrected chi connectivity index (χ2v) is 9.11. The molecule has 23 heavy (non-hydrogen) atoms. The lowest BCUT2D eigenvalue weighted by atomic mass is 10.1. The maximum absolute atomic E-state index is 12.4. The normalized spacial score (nSPS) is 20.3. The molecule has 0 aliphatic carbocycles. The van der Waals surface area contributed by atoms with Gasteiger partial charge in [0.2, 0.25) is 0 Å². The van der Waals surface area contributed by atoms with Crippen LogP contribution in [0.4, 0.5) is 9.80 Å². The molecule has 2 amide bonds. The van der Waals surface area contributed by atoms with E-state index in [9.17, 15) is 9.00 Å². The van der Waals surface area contributed by atoms with E-state index in [1.165, 1.54) is 11.5 Å². The van der Waals surface area contributed by atoms with Crippen molar-refractivity contribution in [2.75, 3.05) is 24.2 Å². The molecule has 0 radical (unpaired) electrons. The van der Waals surface area contributed by atoms with Gasteiger partial charge in [-0.15, -0.1) is 0 Å². The molecule has 0 spiro atoms. The van der Waals surface area contributed by atoms with Crippen molar-refractivity contribution in [1.82, 2.24) is 9.27 Å². The minimum absolute atomic E-state index is 0.155. The average Bonchev–Trinajstić information content (AvgIpc) is 2.99. The number of benzene rings is 1. The number of nitrogens with zero attached hydrogens (tertiary/aromatic N) is 2. The summed E-state index contributed by atoms with van der Waals surface area (Å²) in [5, 5.41) is 3.62. The van der Waals surface area contributed by atoms with Crippen LogP contribution in [0.1, 0.15) is 13.8 Å². The number of carbonyl (C=O) groups is 1. The standard InChI is InChI=1S/C16H19N3O2S2/c1-16(2)11-19(8-9-23(16)21)15(20)17-14-10-13(18-22-14)12-6-4-3-5-7-12/h3-7,10H,8-9,11H2,1-2H3,(H,17,20)/t23-/m1/s1. The zero-order chi connectivity index (χ0) is 16.4. The molecule has 0 bridgehead atoms. The SMILES string of the molecule is CC1(C)CN(C(=O)Nc2cc(-c3ccccc3)ns2)CC[S@]1=O.